The van der Waals surface area contributed by atoms with E-state index < -0.39 is 12.1 Å². The first kappa shape index (κ1) is 14.8. The van der Waals surface area contributed by atoms with Gasteiger partial charge >= 0.3 is 5.97 Å². The maximum Gasteiger partial charge on any atom is 0.334 e. The molecule has 2 amide bonds. The number of carbonyl (C=O) groups is 3. The van der Waals surface area contributed by atoms with Crippen molar-refractivity contribution in [3.8, 4) is 0 Å². The number of carboxylic acids is 1. The summed E-state index contributed by atoms with van der Waals surface area (Å²) in [5.41, 5.74) is 0. The second-order valence-electron chi connectivity index (χ2n) is 5.52. The van der Waals surface area contributed by atoms with E-state index in [0.717, 1.165) is 0 Å². The molecule has 0 unspecified atom stereocenters. The molecular formula is C13H20N2O5. The van der Waals surface area contributed by atoms with Gasteiger partial charge in [-0.2, -0.15) is 0 Å². The molecule has 2 aliphatic heterocycles. The van der Waals surface area contributed by atoms with Crippen LogP contribution in [0.15, 0.2) is 0 Å². The molecule has 2 atom stereocenters. The molecule has 2 fully saturated rings. The Bertz CT molecular complexity index is 423. The summed E-state index contributed by atoms with van der Waals surface area (Å²) < 4.78 is 5.09. The van der Waals surface area contributed by atoms with Crippen LogP contribution in [-0.4, -0.2) is 71.1 Å². The molecule has 0 saturated carbocycles. The lowest BCUT2D eigenvalue weighted by Crippen LogP contribution is -2.50. The van der Waals surface area contributed by atoms with E-state index in [1.807, 2.05) is 13.8 Å². The third-order valence-corrected chi connectivity index (χ3v) is 3.78. The van der Waals surface area contributed by atoms with Crippen LogP contribution in [0.5, 0.6) is 0 Å². The van der Waals surface area contributed by atoms with E-state index in [0.29, 0.717) is 13.1 Å². The second kappa shape index (κ2) is 5.78. The van der Waals surface area contributed by atoms with Crippen molar-refractivity contribution in [3.63, 3.8) is 0 Å². The molecule has 0 aromatic carbocycles. The van der Waals surface area contributed by atoms with E-state index in [9.17, 15) is 14.4 Å². The Hall–Kier alpha value is -1.63. The minimum Gasteiger partial charge on any atom is -0.479 e. The van der Waals surface area contributed by atoms with Crippen molar-refractivity contribution < 1.29 is 24.2 Å². The predicted molar refractivity (Wildman–Crippen MR) is 68.9 cm³/mol. The fourth-order valence-corrected chi connectivity index (χ4v) is 2.65. The van der Waals surface area contributed by atoms with Crippen molar-refractivity contribution in [2.75, 3.05) is 26.2 Å². The van der Waals surface area contributed by atoms with Gasteiger partial charge in [0, 0.05) is 25.6 Å². The van der Waals surface area contributed by atoms with E-state index in [1.54, 1.807) is 4.90 Å². The van der Waals surface area contributed by atoms with Crippen molar-refractivity contribution in [2.24, 2.45) is 5.92 Å². The summed E-state index contributed by atoms with van der Waals surface area (Å²) >= 11 is 0. The Morgan fingerprint density at radius 1 is 1.35 bits per heavy atom. The van der Waals surface area contributed by atoms with Crippen LogP contribution in [0.3, 0.4) is 0 Å². The highest BCUT2D eigenvalue weighted by Gasteiger charge is 2.39. The number of aliphatic carboxylic acids is 1. The highest BCUT2D eigenvalue weighted by atomic mass is 16.5. The number of carbonyl (C=O) groups excluding carboxylic acids is 2. The normalized spacial score (nSPS) is 27.2. The topological polar surface area (TPSA) is 87.2 Å². The number of amides is 2. The molecule has 0 spiro atoms. The molecule has 7 nitrogen and oxygen atoms in total. The van der Waals surface area contributed by atoms with Gasteiger partial charge in [-0.3, -0.25) is 9.59 Å². The van der Waals surface area contributed by atoms with E-state index >= 15 is 0 Å². The third kappa shape index (κ3) is 2.92. The van der Waals surface area contributed by atoms with Crippen LogP contribution in [0.25, 0.3) is 0 Å². The number of morpholine rings is 1. The number of nitrogens with zero attached hydrogens (tertiary/aromatic N) is 2. The van der Waals surface area contributed by atoms with Crippen LogP contribution in [0.1, 0.15) is 20.3 Å². The number of hydrogen-bond donors (Lipinski definition) is 1. The van der Waals surface area contributed by atoms with Gasteiger partial charge in [-0.05, 0) is 13.8 Å². The lowest BCUT2D eigenvalue weighted by molar-refractivity contribution is -0.160. The summed E-state index contributed by atoms with van der Waals surface area (Å²) in [6.07, 6.45) is -0.752. The Balaban J connectivity index is 1.98. The maximum atomic E-state index is 12.4. The lowest BCUT2D eigenvalue weighted by atomic mass is 10.1. The number of likely N-dealkylation sites (tertiary alicyclic amines) is 1. The monoisotopic (exact) mass is 284 g/mol. The van der Waals surface area contributed by atoms with Crippen LogP contribution >= 0.6 is 0 Å². The van der Waals surface area contributed by atoms with Crippen LogP contribution in [0.2, 0.25) is 0 Å². The molecule has 20 heavy (non-hydrogen) atoms. The molecule has 112 valence electrons. The predicted octanol–water partition coefficient (Wildman–Crippen LogP) is -0.445. The zero-order valence-electron chi connectivity index (χ0n) is 11.7. The van der Waals surface area contributed by atoms with Gasteiger partial charge in [0.25, 0.3) is 0 Å². The third-order valence-electron chi connectivity index (χ3n) is 3.78. The van der Waals surface area contributed by atoms with Gasteiger partial charge in [-0.15, -0.1) is 0 Å². The molecule has 1 N–H and O–H groups in total. The molecule has 0 aromatic rings. The van der Waals surface area contributed by atoms with Crippen LogP contribution in [0, 0.1) is 5.92 Å². The van der Waals surface area contributed by atoms with E-state index in [-0.39, 0.29) is 43.3 Å². The van der Waals surface area contributed by atoms with Crippen LogP contribution < -0.4 is 0 Å². The first-order valence-corrected chi connectivity index (χ1v) is 6.82. The van der Waals surface area contributed by atoms with Crippen molar-refractivity contribution in [2.45, 2.75) is 32.4 Å². The van der Waals surface area contributed by atoms with Crippen molar-refractivity contribution in [1.29, 1.82) is 0 Å². The minimum absolute atomic E-state index is 0.0126. The first-order valence-electron chi connectivity index (χ1n) is 6.82. The molecule has 7 heteroatoms. The average molecular weight is 284 g/mol. The highest BCUT2D eigenvalue weighted by molar-refractivity contribution is 5.89. The summed E-state index contributed by atoms with van der Waals surface area (Å²) in [6, 6.07) is 0.0803. The fourth-order valence-electron chi connectivity index (χ4n) is 2.65. The summed E-state index contributed by atoms with van der Waals surface area (Å²) in [5.74, 6) is -1.58. The van der Waals surface area contributed by atoms with Crippen molar-refractivity contribution in [3.05, 3.63) is 0 Å². The molecule has 2 saturated heterocycles. The molecule has 0 aromatic heterocycles. The fraction of sp³-hybridized carbons (Fsp3) is 0.769. The lowest BCUT2D eigenvalue weighted by Gasteiger charge is -2.32. The molecule has 2 heterocycles. The van der Waals surface area contributed by atoms with Gasteiger partial charge < -0.3 is 19.6 Å². The van der Waals surface area contributed by atoms with E-state index in [1.165, 1.54) is 4.90 Å². The Kier molecular flexibility index (Phi) is 4.27. The Labute approximate surface area is 117 Å². The van der Waals surface area contributed by atoms with Gasteiger partial charge in [0.1, 0.15) is 0 Å². The van der Waals surface area contributed by atoms with Crippen LogP contribution in [0.4, 0.5) is 0 Å². The zero-order chi connectivity index (χ0) is 14.9. The number of rotatable bonds is 3. The summed E-state index contributed by atoms with van der Waals surface area (Å²) in [4.78, 5) is 38.3. The van der Waals surface area contributed by atoms with Gasteiger partial charge in [0.2, 0.25) is 11.8 Å². The number of hydrogen-bond acceptors (Lipinski definition) is 4. The van der Waals surface area contributed by atoms with Crippen LogP contribution in [-0.2, 0) is 19.1 Å². The smallest absolute Gasteiger partial charge is 0.334 e. The first-order chi connectivity index (χ1) is 9.40. The highest BCUT2D eigenvalue weighted by Crippen LogP contribution is 2.23. The average Bonchev–Trinajstić information content (AvgIpc) is 2.80. The molecule has 0 bridgehead atoms. The summed E-state index contributed by atoms with van der Waals surface area (Å²) in [7, 11) is 0. The SMILES string of the molecule is CC(C)N1C[C@H](C(=O)N2CCO[C@H](C(=O)O)C2)CC1=O. The Morgan fingerprint density at radius 2 is 2.05 bits per heavy atom. The number of carboxylic acid groups (broad SMARTS) is 1. The van der Waals surface area contributed by atoms with Gasteiger partial charge in [0.15, 0.2) is 6.10 Å². The second-order valence-corrected chi connectivity index (χ2v) is 5.52. The summed E-state index contributed by atoms with van der Waals surface area (Å²) in [5, 5.41) is 8.93. The number of ether oxygens (including phenoxy) is 1. The zero-order valence-corrected chi connectivity index (χ0v) is 11.7. The van der Waals surface area contributed by atoms with E-state index in [2.05, 4.69) is 0 Å². The van der Waals surface area contributed by atoms with Crippen molar-refractivity contribution >= 4 is 17.8 Å². The maximum absolute atomic E-state index is 12.4. The molecule has 0 aliphatic carbocycles. The summed E-state index contributed by atoms with van der Waals surface area (Å²) in [6.45, 7) is 4.91. The standard InChI is InChI=1S/C13H20N2O5/c1-8(2)15-6-9(5-11(15)16)12(17)14-3-4-20-10(7-14)13(18)19/h8-10H,3-7H2,1-2H3,(H,18,19)/t9-,10+/m1/s1. The molecule has 0 radical (unpaired) electrons. The van der Waals surface area contributed by atoms with Gasteiger partial charge in [-0.25, -0.2) is 4.79 Å². The van der Waals surface area contributed by atoms with E-state index in [4.69, 9.17) is 9.84 Å². The molecular weight excluding hydrogens is 264 g/mol. The molecule has 2 rings (SSSR count). The van der Waals surface area contributed by atoms with Gasteiger partial charge in [-0.1, -0.05) is 0 Å². The van der Waals surface area contributed by atoms with Crippen molar-refractivity contribution in [1.82, 2.24) is 9.80 Å². The van der Waals surface area contributed by atoms with Gasteiger partial charge in [0.05, 0.1) is 19.1 Å². The quantitative estimate of drug-likeness (QED) is 0.759. The molecule has 2 aliphatic rings. The Morgan fingerprint density at radius 3 is 2.60 bits per heavy atom. The largest absolute Gasteiger partial charge is 0.479 e. The minimum atomic E-state index is -1.06.